The van der Waals surface area contributed by atoms with E-state index < -0.39 is 6.29 Å². The highest BCUT2D eigenvalue weighted by Crippen LogP contribution is 2.27. The van der Waals surface area contributed by atoms with Crippen LogP contribution in [0, 0.1) is 5.92 Å². The Balaban J connectivity index is 2.87. The monoisotopic (exact) mass is 293 g/mol. The average molecular weight is 293 g/mol. The van der Waals surface area contributed by atoms with Crippen molar-refractivity contribution in [3.63, 3.8) is 0 Å². The molecule has 3 atom stereocenters. The normalized spacial score (nSPS) is 15.5. The van der Waals surface area contributed by atoms with Crippen LogP contribution in [0.3, 0.4) is 0 Å². The zero-order valence-electron chi connectivity index (χ0n) is 13.6. The van der Waals surface area contributed by atoms with Gasteiger partial charge in [0.2, 0.25) is 5.91 Å². The molecule has 0 fully saturated rings. The maximum absolute atomic E-state index is 12.7. The summed E-state index contributed by atoms with van der Waals surface area (Å²) in [5, 5.41) is 3.01. The average Bonchev–Trinajstić information content (AvgIpc) is 2.49. The fourth-order valence-corrected chi connectivity index (χ4v) is 2.52. The molecule has 0 aliphatic carbocycles. The zero-order chi connectivity index (χ0) is 15.8. The number of amides is 1. The van der Waals surface area contributed by atoms with Gasteiger partial charge >= 0.3 is 0 Å². The molecule has 3 unspecified atom stereocenters. The van der Waals surface area contributed by atoms with Crippen molar-refractivity contribution in [2.45, 2.75) is 45.4 Å². The number of nitrogens with one attached hydrogen (secondary N) is 1. The number of hydrogen-bond donors (Lipinski definition) is 1. The van der Waals surface area contributed by atoms with Crippen molar-refractivity contribution < 1.29 is 14.3 Å². The van der Waals surface area contributed by atoms with E-state index in [9.17, 15) is 4.79 Å². The van der Waals surface area contributed by atoms with Gasteiger partial charge in [0, 0.05) is 14.2 Å². The Labute approximate surface area is 127 Å². The fraction of sp³-hybridized carbons (Fsp3) is 0.588. The largest absolute Gasteiger partial charge is 0.354 e. The van der Waals surface area contributed by atoms with Gasteiger partial charge in [0.15, 0.2) is 6.29 Å². The highest BCUT2D eigenvalue weighted by atomic mass is 16.7. The molecule has 118 valence electrons. The molecule has 0 saturated carbocycles. The molecule has 1 aromatic carbocycles. The molecule has 4 heteroatoms. The van der Waals surface area contributed by atoms with E-state index in [4.69, 9.17) is 9.47 Å². The SMILES string of the molecule is CCC(C)C(C(=O)NC(C)C(OC)OC)c1ccccc1. The number of benzene rings is 1. The van der Waals surface area contributed by atoms with Crippen molar-refractivity contribution in [3.05, 3.63) is 35.9 Å². The minimum Gasteiger partial charge on any atom is -0.354 e. The van der Waals surface area contributed by atoms with Crippen molar-refractivity contribution in [3.8, 4) is 0 Å². The van der Waals surface area contributed by atoms with E-state index in [-0.39, 0.29) is 23.8 Å². The van der Waals surface area contributed by atoms with Gasteiger partial charge in [-0.25, -0.2) is 0 Å². The minimum atomic E-state index is -0.442. The first-order chi connectivity index (χ1) is 10.0. The topological polar surface area (TPSA) is 47.6 Å². The second-order valence-corrected chi connectivity index (χ2v) is 5.41. The van der Waals surface area contributed by atoms with Crippen LogP contribution in [-0.2, 0) is 14.3 Å². The number of rotatable bonds is 8. The van der Waals surface area contributed by atoms with E-state index in [1.165, 1.54) is 0 Å². The van der Waals surface area contributed by atoms with Crippen LogP contribution in [0.5, 0.6) is 0 Å². The molecule has 0 bridgehead atoms. The number of ether oxygens (including phenoxy) is 2. The third-order valence-electron chi connectivity index (χ3n) is 3.90. The molecular formula is C17H27NO3. The molecule has 4 nitrogen and oxygen atoms in total. The summed E-state index contributed by atoms with van der Waals surface area (Å²) < 4.78 is 10.4. The highest BCUT2D eigenvalue weighted by Gasteiger charge is 2.28. The van der Waals surface area contributed by atoms with E-state index in [1.807, 2.05) is 37.3 Å². The first-order valence-electron chi connectivity index (χ1n) is 7.46. The molecule has 0 spiro atoms. The summed E-state index contributed by atoms with van der Waals surface area (Å²) in [4.78, 5) is 12.7. The maximum Gasteiger partial charge on any atom is 0.228 e. The molecule has 0 saturated heterocycles. The van der Waals surface area contributed by atoms with Gasteiger partial charge in [-0.05, 0) is 18.4 Å². The Kier molecular flexibility index (Phi) is 7.40. The van der Waals surface area contributed by atoms with Gasteiger partial charge < -0.3 is 14.8 Å². The summed E-state index contributed by atoms with van der Waals surface area (Å²) in [5.74, 6) is 0.123. The van der Waals surface area contributed by atoms with Crippen LogP contribution in [0.1, 0.15) is 38.7 Å². The predicted octanol–water partition coefficient (Wildman–Crippen LogP) is 2.94. The summed E-state index contributed by atoms with van der Waals surface area (Å²) in [6.45, 7) is 6.09. The van der Waals surface area contributed by atoms with Gasteiger partial charge in [0.05, 0.1) is 12.0 Å². The molecule has 0 aliphatic rings. The van der Waals surface area contributed by atoms with E-state index >= 15 is 0 Å². The Morgan fingerprint density at radius 1 is 1.14 bits per heavy atom. The lowest BCUT2D eigenvalue weighted by Gasteiger charge is -2.27. The second kappa shape index (κ2) is 8.80. The third-order valence-corrected chi connectivity index (χ3v) is 3.90. The molecule has 0 radical (unpaired) electrons. The van der Waals surface area contributed by atoms with Crippen LogP contribution < -0.4 is 5.32 Å². The van der Waals surface area contributed by atoms with Crippen LogP contribution in [-0.4, -0.2) is 32.5 Å². The lowest BCUT2D eigenvalue weighted by atomic mass is 9.84. The van der Waals surface area contributed by atoms with Gasteiger partial charge in [-0.2, -0.15) is 0 Å². The third kappa shape index (κ3) is 4.83. The van der Waals surface area contributed by atoms with Gasteiger partial charge in [-0.15, -0.1) is 0 Å². The van der Waals surface area contributed by atoms with Gasteiger partial charge in [0.25, 0.3) is 0 Å². The number of hydrogen-bond acceptors (Lipinski definition) is 3. The van der Waals surface area contributed by atoms with Crippen molar-refractivity contribution in [2.75, 3.05) is 14.2 Å². The quantitative estimate of drug-likeness (QED) is 0.750. The van der Waals surface area contributed by atoms with Crippen LogP contribution in [0.15, 0.2) is 30.3 Å². The molecule has 0 heterocycles. The van der Waals surface area contributed by atoms with Crippen LogP contribution in [0.4, 0.5) is 0 Å². The van der Waals surface area contributed by atoms with Gasteiger partial charge in [-0.3, -0.25) is 4.79 Å². The smallest absolute Gasteiger partial charge is 0.228 e. The fourth-order valence-electron chi connectivity index (χ4n) is 2.52. The van der Waals surface area contributed by atoms with Crippen molar-refractivity contribution in [1.82, 2.24) is 5.32 Å². The molecule has 0 aliphatic heterocycles. The second-order valence-electron chi connectivity index (χ2n) is 5.41. The van der Waals surface area contributed by atoms with E-state index in [2.05, 4.69) is 19.2 Å². The summed E-state index contributed by atoms with van der Waals surface area (Å²) in [5.41, 5.74) is 1.04. The van der Waals surface area contributed by atoms with Crippen LogP contribution in [0.2, 0.25) is 0 Å². The predicted molar refractivity (Wildman–Crippen MR) is 84.0 cm³/mol. The van der Waals surface area contributed by atoms with E-state index in [1.54, 1.807) is 14.2 Å². The van der Waals surface area contributed by atoms with Crippen LogP contribution >= 0.6 is 0 Å². The summed E-state index contributed by atoms with van der Waals surface area (Å²) in [7, 11) is 3.14. The minimum absolute atomic E-state index is 0.0159. The summed E-state index contributed by atoms with van der Waals surface area (Å²) in [6, 6.07) is 9.70. The molecular weight excluding hydrogens is 266 g/mol. The molecule has 1 amide bonds. The van der Waals surface area contributed by atoms with Crippen molar-refractivity contribution in [1.29, 1.82) is 0 Å². The van der Waals surface area contributed by atoms with Crippen LogP contribution in [0.25, 0.3) is 0 Å². The van der Waals surface area contributed by atoms with Gasteiger partial charge in [-0.1, -0.05) is 50.6 Å². The van der Waals surface area contributed by atoms with Gasteiger partial charge in [0.1, 0.15) is 0 Å². The number of carbonyl (C=O) groups is 1. The summed E-state index contributed by atoms with van der Waals surface area (Å²) >= 11 is 0. The Morgan fingerprint density at radius 2 is 1.71 bits per heavy atom. The summed E-state index contributed by atoms with van der Waals surface area (Å²) in [6.07, 6.45) is 0.501. The highest BCUT2D eigenvalue weighted by molar-refractivity contribution is 5.84. The zero-order valence-corrected chi connectivity index (χ0v) is 13.6. The maximum atomic E-state index is 12.7. The molecule has 1 N–H and O–H groups in total. The molecule has 21 heavy (non-hydrogen) atoms. The first-order valence-corrected chi connectivity index (χ1v) is 7.46. The number of carbonyl (C=O) groups excluding carboxylic acids is 1. The van der Waals surface area contributed by atoms with Crippen molar-refractivity contribution >= 4 is 5.91 Å². The lowest BCUT2D eigenvalue weighted by Crippen LogP contribution is -2.45. The first kappa shape index (κ1) is 17.7. The lowest BCUT2D eigenvalue weighted by molar-refractivity contribution is -0.137. The molecule has 0 aromatic heterocycles. The molecule has 1 rings (SSSR count). The number of methoxy groups -OCH3 is 2. The Bertz CT molecular complexity index is 417. The Morgan fingerprint density at radius 3 is 2.19 bits per heavy atom. The van der Waals surface area contributed by atoms with Crippen molar-refractivity contribution in [2.24, 2.45) is 5.92 Å². The standard InChI is InChI=1S/C17H27NO3/c1-6-12(2)15(14-10-8-7-9-11-14)16(19)18-13(3)17(20-4)21-5/h7-13,15,17H,6H2,1-5H3,(H,18,19). The Hall–Kier alpha value is -1.39. The van der Waals surface area contributed by atoms with E-state index in [0.717, 1.165) is 12.0 Å². The molecule has 1 aromatic rings. The van der Waals surface area contributed by atoms with E-state index in [0.29, 0.717) is 0 Å².